The van der Waals surface area contributed by atoms with Crippen molar-refractivity contribution in [2.75, 3.05) is 19.8 Å². The average Bonchev–Trinajstić information content (AvgIpc) is 2.82. The maximum absolute atomic E-state index is 13.2. The standard InChI is InChI=1S/C26H30ClF3N2O4/c27-20-6-4-17(5-7-20)12-31-25(34)11-22-8-9-23-24(36-22)16-35-15-21(33)14-32(23)13-18-2-1-3-19(10-18)26(28,29)30/h1-7,10,21-24,33H,8-9,11-16H2,(H,31,34)/t21-,22-,23+,24-/m0/s1. The third kappa shape index (κ3) is 7.43. The molecule has 2 saturated heterocycles. The minimum atomic E-state index is -4.42. The summed E-state index contributed by atoms with van der Waals surface area (Å²) in [5.41, 5.74) is 0.757. The number of rotatable bonds is 6. The number of aliphatic hydroxyl groups excluding tert-OH is 1. The molecular formula is C26H30ClF3N2O4. The van der Waals surface area contributed by atoms with Crippen LogP contribution in [0.25, 0.3) is 0 Å². The molecule has 6 nitrogen and oxygen atoms in total. The number of nitrogens with zero attached hydrogens (tertiary/aromatic N) is 1. The molecule has 0 saturated carbocycles. The fourth-order valence-corrected chi connectivity index (χ4v) is 4.92. The summed E-state index contributed by atoms with van der Waals surface area (Å²) in [4.78, 5) is 14.5. The Kier molecular flexibility index (Phi) is 8.90. The third-order valence-electron chi connectivity index (χ3n) is 6.54. The van der Waals surface area contributed by atoms with Crippen LogP contribution in [0.15, 0.2) is 48.5 Å². The summed E-state index contributed by atoms with van der Waals surface area (Å²) in [5.74, 6) is -0.128. The van der Waals surface area contributed by atoms with E-state index in [4.69, 9.17) is 21.1 Å². The van der Waals surface area contributed by atoms with E-state index in [1.807, 2.05) is 17.0 Å². The molecule has 36 heavy (non-hydrogen) atoms. The number of β-amino-alcohol motifs (C(OH)–C–C–N with tert-alkyl or cyclic N) is 1. The van der Waals surface area contributed by atoms with E-state index in [2.05, 4.69) is 5.32 Å². The topological polar surface area (TPSA) is 71.0 Å². The SMILES string of the molecule is O=C(C[C@@H]1CC[C@@H]2[C@H](COC[C@@H](O)CN2Cc2cccc(C(F)(F)F)c2)O1)NCc1ccc(Cl)cc1. The molecule has 2 aliphatic heterocycles. The highest BCUT2D eigenvalue weighted by Crippen LogP contribution is 2.32. The Morgan fingerprint density at radius 2 is 1.89 bits per heavy atom. The van der Waals surface area contributed by atoms with E-state index in [1.165, 1.54) is 6.07 Å². The molecule has 4 atom stereocenters. The van der Waals surface area contributed by atoms with Gasteiger partial charge in [-0.3, -0.25) is 9.69 Å². The van der Waals surface area contributed by atoms with Crippen LogP contribution in [0.5, 0.6) is 0 Å². The summed E-state index contributed by atoms with van der Waals surface area (Å²) in [6, 6.07) is 12.3. The number of halogens is 4. The van der Waals surface area contributed by atoms with Gasteiger partial charge in [0.1, 0.15) is 0 Å². The van der Waals surface area contributed by atoms with Crippen LogP contribution >= 0.6 is 11.6 Å². The zero-order chi connectivity index (χ0) is 25.7. The Bertz CT molecular complexity index is 1020. The van der Waals surface area contributed by atoms with Crippen LogP contribution in [0.3, 0.4) is 0 Å². The molecule has 0 unspecified atom stereocenters. The Morgan fingerprint density at radius 1 is 1.11 bits per heavy atom. The maximum Gasteiger partial charge on any atom is 0.416 e. The number of hydrogen-bond acceptors (Lipinski definition) is 5. The number of fused-ring (bicyclic) bond motifs is 1. The monoisotopic (exact) mass is 526 g/mol. The van der Waals surface area contributed by atoms with Crippen LogP contribution in [0.2, 0.25) is 5.02 Å². The Hall–Kier alpha value is -2.17. The molecule has 196 valence electrons. The van der Waals surface area contributed by atoms with Gasteiger partial charge in [0.05, 0.1) is 43.5 Å². The second-order valence-electron chi connectivity index (χ2n) is 9.37. The summed E-state index contributed by atoms with van der Waals surface area (Å²) >= 11 is 5.89. The Morgan fingerprint density at radius 3 is 2.64 bits per heavy atom. The number of benzene rings is 2. The van der Waals surface area contributed by atoms with Gasteiger partial charge in [0.25, 0.3) is 0 Å². The van der Waals surface area contributed by atoms with Crippen molar-refractivity contribution in [3.63, 3.8) is 0 Å². The first kappa shape index (κ1) is 26.9. The van der Waals surface area contributed by atoms with E-state index in [1.54, 1.807) is 18.2 Å². The van der Waals surface area contributed by atoms with Crippen molar-refractivity contribution in [1.29, 1.82) is 0 Å². The van der Waals surface area contributed by atoms with E-state index in [-0.39, 0.29) is 56.9 Å². The molecule has 2 fully saturated rings. The van der Waals surface area contributed by atoms with Gasteiger partial charge < -0.3 is 19.9 Å². The summed E-state index contributed by atoms with van der Waals surface area (Å²) in [5, 5.41) is 13.9. The van der Waals surface area contributed by atoms with Crippen molar-refractivity contribution in [3.8, 4) is 0 Å². The van der Waals surface area contributed by atoms with Gasteiger partial charge in [-0.15, -0.1) is 0 Å². The largest absolute Gasteiger partial charge is 0.416 e. The number of amides is 1. The fraction of sp³-hybridized carbons (Fsp3) is 0.500. The zero-order valence-corrected chi connectivity index (χ0v) is 20.5. The molecule has 2 N–H and O–H groups in total. The molecular weight excluding hydrogens is 497 g/mol. The lowest BCUT2D eigenvalue weighted by molar-refractivity contribution is -0.158. The summed E-state index contributed by atoms with van der Waals surface area (Å²) in [7, 11) is 0. The van der Waals surface area contributed by atoms with Crippen molar-refractivity contribution >= 4 is 17.5 Å². The van der Waals surface area contributed by atoms with E-state index in [0.29, 0.717) is 30.0 Å². The summed E-state index contributed by atoms with van der Waals surface area (Å²) < 4.78 is 51.4. The maximum atomic E-state index is 13.2. The van der Waals surface area contributed by atoms with Gasteiger partial charge in [-0.2, -0.15) is 13.2 Å². The van der Waals surface area contributed by atoms with E-state index >= 15 is 0 Å². The number of hydrogen-bond donors (Lipinski definition) is 2. The van der Waals surface area contributed by atoms with Crippen LogP contribution in [-0.2, 0) is 33.5 Å². The molecule has 4 rings (SSSR count). The van der Waals surface area contributed by atoms with E-state index in [0.717, 1.165) is 17.7 Å². The molecule has 10 heteroatoms. The van der Waals surface area contributed by atoms with Gasteiger partial charge in [-0.05, 0) is 42.2 Å². The second kappa shape index (κ2) is 11.9. The van der Waals surface area contributed by atoms with Crippen molar-refractivity contribution in [2.24, 2.45) is 0 Å². The van der Waals surface area contributed by atoms with Gasteiger partial charge in [0.2, 0.25) is 5.91 Å². The first-order chi connectivity index (χ1) is 17.2. The average molecular weight is 527 g/mol. The highest BCUT2D eigenvalue weighted by atomic mass is 35.5. The van der Waals surface area contributed by atoms with Gasteiger partial charge in [0.15, 0.2) is 0 Å². The van der Waals surface area contributed by atoms with Crippen LogP contribution < -0.4 is 5.32 Å². The highest BCUT2D eigenvalue weighted by molar-refractivity contribution is 6.30. The molecule has 0 aliphatic carbocycles. The normalized spacial score (nSPS) is 25.5. The molecule has 0 bridgehead atoms. The molecule has 2 aliphatic rings. The van der Waals surface area contributed by atoms with Gasteiger partial charge in [-0.25, -0.2) is 0 Å². The molecule has 0 radical (unpaired) electrons. The number of aliphatic hydroxyl groups is 1. The van der Waals surface area contributed by atoms with Crippen molar-refractivity contribution in [3.05, 3.63) is 70.2 Å². The number of carbonyl (C=O) groups excluding carboxylic acids is 1. The first-order valence-electron chi connectivity index (χ1n) is 12.0. The van der Waals surface area contributed by atoms with E-state index in [9.17, 15) is 23.1 Å². The minimum Gasteiger partial charge on any atom is -0.389 e. The second-order valence-corrected chi connectivity index (χ2v) is 9.80. The van der Waals surface area contributed by atoms with E-state index < -0.39 is 17.8 Å². The lowest BCUT2D eigenvalue weighted by Gasteiger charge is -2.44. The number of nitrogens with one attached hydrogen (secondary N) is 1. The molecule has 0 spiro atoms. The Balaban J connectivity index is 1.37. The highest BCUT2D eigenvalue weighted by Gasteiger charge is 2.38. The first-order valence-corrected chi connectivity index (χ1v) is 12.4. The predicted molar refractivity (Wildman–Crippen MR) is 128 cm³/mol. The van der Waals surface area contributed by atoms with Gasteiger partial charge >= 0.3 is 6.18 Å². The van der Waals surface area contributed by atoms with Crippen LogP contribution in [0.4, 0.5) is 13.2 Å². The predicted octanol–water partition coefficient (Wildman–Crippen LogP) is 4.17. The minimum absolute atomic E-state index is 0.109. The van der Waals surface area contributed by atoms with Gasteiger partial charge in [-0.1, -0.05) is 41.9 Å². The summed E-state index contributed by atoms with van der Waals surface area (Å²) in [6.45, 7) is 1.24. The summed E-state index contributed by atoms with van der Waals surface area (Å²) in [6.07, 6.45) is -4.33. The number of alkyl halides is 3. The fourth-order valence-electron chi connectivity index (χ4n) is 4.79. The molecule has 2 aromatic rings. The quantitative estimate of drug-likeness (QED) is 0.591. The van der Waals surface area contributed by atoms with Crippen molar-refractivity contribution in [1.82, 2.24) is 10.2 Å². The van der Waals surface area contributed by atoms with Gasteiger partial charge in [0, 0.05) is 30.7 Å². The third-order valence-corrected chi connectivity index (χ3v) is 6.80. The lowest BCUT2D eigenvalue weighted by Crippen LogP contribution is -2.55. The Labute approximate surface area is 213 Å². The van der Waals surface area contributed by atoms with Crippen LogP contribution in [-0.4, -0.2) is 60.0 Å². The zero-order valence-electron chi connectivity index (χ0n) is 19.7. The van der Waals surface area contributed by atoms with Crippen LogP contribution in [0, 0.1) is 0 Å². The molecule has 0 aromatic heterocycles. The lowest BCUT2D eigenvalue weighted by atomic mass is 9.94. The number of ether oxygens (including phenoxy) is 2. The molecule has 1 amide bonds. The molecule has 2 aromatic carbocycles. The van der Waals surface area contributed by atoms with Crippen molar-refractivity contribution in [2.45, 2.75) is 62.9 Å². The molecule has 2 heterocycles. The van der Waals surface area contributed by atoms with Crippen LogP contribution in [0.1, 0.15) is 36.0 Å². The number of carbonyl (C=O) groups is 1. The smallest absolute Gasteiger partial charge is 0.389 e. The van der Waals surface area contributed by atoms with Crippen molar-refractivity contribution < 1.29 is 32.5 Å².